The topological polar surface area (TPSA) is 110 Å². The molecule has 0 aromatic heterocycles. The van der Waals surface area contributed by atoms with Crippen LogP contribution < -0.4 is 9.62 Å². The van der Waals surface area contributed by atoms with Gasteiger partial charge in [0, 0.05) is 17.8 Å². The maximum absolute atomic E-state index is 13.5. The minimum absolute atomic E-state index is 0.0613. The molecule has 0 heterocycles. The fourth-order valence-corrected chi connectivity index (χ4v) is 4.74. The Balaban J connectivity index is 1.97. The molecule has 1 amide bonds. The van der Waals surface area contributed by atoms with Gasteiger partial charge in [0.1, 0.15) is 6.54 Å². The summed E-state index contributed by atoms with van der Waals surface area (Å²) in [5, 5.41) is 13.5. The molecule has 0 unspecified atom stereocenters. The van der Waals surface area contributed by atoms with E-state index in [2.05, 4.69) is 5.32 Å². The number of nitro benzene ring substituents is 1. The summed E-state index contributed by atoms with van der Waals surface area (Å²) < 4.78 is 28.0. The van der Waals surface area contributed by atoms with E-state index >= 15 is 0 Å². The summed E-state index contributed by atoms with van der Waals surface area (Å²) in [6, 6.07) is 17.1. The smallest absolute Gasteiger partial charge is 0.271 e. The first-order valence-corrected chi connectivity index (χ1v) is 11.2. The Morgan fingerprint density at radius 2 is 1.62 bits per heavy atom. The highest BCUT2D eigenvalue weighted by Gasteiger charge is 2.28. The summed E-state index contributed by atoms with van der Waals surface area (Å²) in [5.74, 6) is -0.624. The molecule has 0 fully saturated rings. The Bertz CT molecular complexity index is 1270. The van der Waals surface area contributed by atoms with E-state index in [0.717, 1.165) is 15.4 Å². The number of nitrogens with zero attached hydrogens (tertiary/aromatic N) is 2. The highest BCUT2D eigenvalue weighted by molar-refractivity contribution is 7.92. The Morgan fingerprint density at radius 3 is 2.25 bits per heavy atom. The summed E-state index contributed by atoms with van der Waals surface area (Å²) in [5.41, 5.74) is 2.97. The van der Waals surface area contributed by atoms with Gasteiger partial charge in [-0.2, -0.15) is 0 Å². The third kappa shape index (κ3) is 5.12. The molecule has 166 valence electrons. The number of anilines is 2. The second-order valence-electron chi connectivity index (χ2n) is 7.47. The van der Waals surface area contributed by atoms with Gasteiger partial charge in [-0.25, -0.2) is 8.42 Å². The first-order valence-electron chi connectivity index (χ1n) is 9.79. The van der Waals surface area contributed by atoms with E-state index in [0.29, 0.717) is 11.3 Å². The van der Waals surface area contributed by atoms with Crippen LogP contribution in [-0.4, -0.2) is 25.8 Å². The number of nitrogens with one attached hydrogen (secondary N) is 1. The highest BCUT2D eigenvalue weighted by atomic mass is 32.2. The monoisotopic (exact) mass is 453 g/mol. The Labute approximate surface area is 186 Å². The van der Waals surface area contributed by atoms with Gasteiger partial charge in [-0.05, 0) is 50.6 Å². The number of sulfonamides is 1. The molecule has 0 spiro atoms. The number of rotatable bonds is 7. The molecule has 3 rings (SSSR count). The molecule has 1 N–H and O–H groups in total. The quantitative estimate of drug-likeness (QED) is 0.422. The number of non-ortho nitro benzene ring substituents is 1. The lowest BCUT2D eigenvalue weighted by molar-refractivity contribution is -0.384. The zero-order valence-electron chi connectivity index (χ0n) is 17.9. The van der Waals surface area contributed by atoms with Crippen molar-refractivity contribution in [1.29, 1.82) is 0 Å². The summed E-state index contributed by atoms with van der Waals surface area (Å²) in [7, 11) is -4.05. The van der Waals surface area contributed by atoms with Crippen LogP contribution in [0.1, 0.15) is 16.7 Å². The van der Waals surface area contributed by atoms with Crippen molar-refractivity contribution >= 4 is 33.0 Å². The average molecular weight is 454 g/mol. The van der Waals surface area contributed by atoms with E-state index < -0.39 is 27.4 Å². The zero-order valence-corrected chi connectivity index (χ0v) is 18.7. The number of hydrogen-bond donors (Lipinski definition) is 1. The molecule has 8 nitrogen and oxygen atoms in total. The molecule has 0 saturated heterocycles. The van der Waals surface area contributed by atoms with E-state index in [9.17, 15) is 23.3 Å². The van der Waals surface area contributed by atoms with Crippen molar-refractivity contribution in [2.75, 3.05) is 16.2 Å². The van der Waals surface area contributed by atoms with E-state index in [4.69, 9.17) is 0 Å². The lowest BCUT2D eigenvalue weighted by Crippen LogP contribution is -2.38. The Hall–Kier alpha value is -3.72. The van der Waals surface area contributed by atoms with Gasteiger partial charge in [0.05, 0.1) is 15.5 Å². The van der Waals surface area contributed by atoms with Crippen LogP contribution in [0.4, 0.5) is 17.1 Å². The fraction of sp³-hybridized carbons (Fsp3) is 0.174. The van der Waals surface area contributed by atoms with Crippen LogP contribution >= 0.6 is 0 Å². The molecule has 3 aromatic rings. The first kappa shape index (κ1) is 23.0. The first-order chi connectivity index (χ1) is 15.1. The Morgan fingerprint density at radius 1 is 0.969 bits per heavy atom. The van der Waals surface area contributed by atoms with E-state index in [1.807, 2.05) is 19.9 Å². The maximum Gasteiger partial charge on any atom is 0.271 e. The predicted octanol–water partition coefficient (Wildman–Crippen LogP) is 4.35. The summed E-state index contributed by atoms with van der Waals surface area (Å²) >= 11 is 0. The van der Waals surface area contributed by atoms with Crippen LogP contribution in [0.3, 0.4) is 0 Å². The lowest BCUT2D eigenvalue weighted by Gasteiger charge is -2.26. The molecular weight excluding hydrogens is 430 g/mol. The van der Waals surface area contributed by atoms with Gasteiger partial charge >= 0.3 is 0 Å². The van der Waals surface area contributed by atoms with Crippen LogP contribution in [0.2, 0.25) is 0 Å². The minimum atomic E-state index is -4.05. The van der Waals surface area contributed by atoms with Gasteiger partial charge in [0.2, 0.25) is 5.91 Å². The van der Waals surface area contributed by atoms with Gasteiger partial charge in [0.25, 0.3) is 15.7 Å². The van der Waals surface area contributed by atoms with Crippen LogP contribution in [-0.2, 0) is 14.8 Å². The van der Waals surface area contributed by atoms with E-state index in [-0.39, 0.29) is 16.3 Å². The van der Waals surface area contributed by atoms with Gasteiger partial charge in [0.15, 0.2) is 0 Å². The number of carbonyl (C=O) groups is 1. The van der Waals surface area contributed by atoms with Crippen LogP contribution in [0.15, 0.2) is 71.6 Å². The zero-order chi connectivity index (χ0) is 23.5. The predicted molar refractivity (Wildman–Crippen MR) is 123 cm³/mol. The molecule has 0 saturated carbocycles. The van der Waals surface area contributed by atoms with Crippen LogP contribution in [0.5, 0.6) is 0 Å². The minimum Gasteiger partial charge on any atom is -0.324 e. The highest BCUT2D eigenvalue weighted by Crippen LogP contribution is 2.28. The van der Waals surface area contributed by atoms with Crippen molar-refractivity contribution in [2.24, 2.45) is 0 Å². The lowest BCUT2D eigenvalue weighted by atomic mass is 10.1. The number of amides is 1. The van der Waals surface area contributed by atoms with Gasteiger partial charge < -0.3 is 5.32 Å². The van der Waals surface area contributed by atoms with Crippen LogP contribution in [0, 0.1) is 30.9 Å². The van der Waals surface area contributed by atoms with Crippen molar-refractivity contribution in [1.82, 2.24) is 0 Å². The van der Waals surface area contributed by atoms with Gasteiger partial charge in [-0.15, -0.1) is 0 Å². The molecule has 0 bridgehead atoms. The molecule has 32 heavy (non-hydrogen) atoms. The molecule has 0 atom stereocenters. The molecule has 3 aromatic carbocycles. The van der Waals surface area contributed by atoms with Crippen LogP contribution in [0.25, 0.3) is 0 Å². The average Bonchev–Trinajstić information content (AvgIpc) is 2.73. The fourth-order valence-electron chi connectivity index (χ4n) is 3.25. The number of benzene rings is 3. The largest absolute Gasteiger partial charge is 0.324 e. The number of carbonyl (C=O) groups excluding carboxylic acids is 1. The molecule has 0 aliphatic heterocycles. The second-order valence-corrected chi connectivity index (χ2v) is 9.33. The number of nitro groups is 1. The van der Waals surface area contributed by atoms with Gasteiger partial charge in [-0.3, -0.25) is 19.2 Å². The normalized spacial score (nSPS) is 11.1. The van der Waals surface area contributed by atoms with Crippen molar-refractivity contribution in [3.8, 4) is 0 Å². The SMILES string of the molecule is Cc1ccc(S(=O)(=O)N(CC(=O)Nc2cccc([N+](=O)[O-])c2)c2ccc(C)cc2C)cc1. The van der Waals surface area contributed by atoms with Crippen molar-refractivity contribution in [3.63, 3.8) is 0 Å². The maximum atomic E-state index is 13.5. The summed E-state index contributed by atoms with van der Waals surface area (Å²) in [6.45, 7) is 5.02. The molecule has 0 aliphatic carbocycles. The van der Waals surface area contributed by atoms with Crippen molar-refractivity contribution in [2.45, 2.75) is 25.7 Å². The molecule has 9 heteroatoms. The standard InChI is InChI=1S/C23H23N3O5S/c1-16-7-10-21(11-8-16)32(30,31)25(22-12-9-17(2)13-18(22)3)15-23(27)24-19-5-4-6-20(14-19)26(28)29/h4-14H,15H2,1-3H3,(H,24,27). The number of hydrogen-bond acceptors (Lipinski definition) is 5. The molecular formula is C23H23N3O5S. The third-order valence-electron chi connectivity index (χ3n) is 4.86. The second kappa shape index (κ2) is 9.19. The summed E-state index contributed by atoms with van der Waals surface area (Å²) in [4.78, 5) is 23.3. The van der Waals surface area contributed by atoms with Crippen molar-refractivity contribution < 1.29 is 18.1 Å². The third-order valence-corrected chi connectivity index (χ3v) is 6.63. The Kier molecular flexibility index (Phi) is 6.59. The van der Waals surface area contributed by atoms with Gasteiger partial charge in [-0.1, -0.05) is 41.5 Å². The van der Waals surface area contributed by atoms with E-state index in [1.54, 1.807) is 31.2 Å². The number of aryl methyl sites for hydroxylation is 3. The van der Waals surface area contributed by atoms with Crippen molar-refractivity contribution in [3.05, 3.63) is 93.5 Å². The summed E-state index contributed by atoms with van der Waals surface area (Å²) in [6.07, 6.45) is 0. The molecule has 0 radical (unpaired) electrons. The van der Waals surface area contributed by atoms with E-state index in [1.165, 1.54) is 36.4 Å². The molecule has 0 aliphatic rings.